The lowest BCUT2D eigenvalue weighted by atomic mass is 10.2. The van der Waals surface area contributed by atoms with E-state index in [0.717, 1.165) is 11.4 Å². The first-order valence-electron chi connectivity index (χ1n) is 16.4. The van der Waals surface area contributed by atoms with E-state index in [0.29, 0.717) is 37.6 Å². The molecule has 0 saturated heterocycles. The molecule has 0 aromatic heterocycles. The molecule has 0 saturated carbocycles. The van der Waals surface area contributed by atoms with Crippen LogP contribution < -0.4 is 19.3 Å². The van der Waals surface area contributed by atoms with Crippen LogP contribution in [0.15, 0.2) is 118 Å². The summed E-state index contributed by atoms with van der Waals surface area (Å²) in [6, 6.07) is 25.7. The van der Waals surface area contributed by atoms with Crippen molar-refractivity contribution in [3.63, 3.8) is 0 Å². The summed E-state index contributed by atoms with van der Waals surface area (Å²) in [5.41, 5.74) is 2.70. The van der Waals surface area contributed by atoms with Gasteiger partial charge in [0, 0.05) is 37.6 Å². The number of rotatable bonds is 16. The van der Waals surface area contributed by atoms with Crippen LogP contribution in [0.3, 0.4) is 0 Å². The summed E-state index contributed by atoms with van der Waals surface area (Å²) in [6.07, 6.45) is 0. The van der Waals surface area contributed by atoms with Gasteiger partial charge in [-0.05, 0) is 86.6 Å². The molecular weight excluding hydrogens is 680 g/mol. The van der Waals surface area contributed by atoms with Crippen LogP contribution in [0.4, 0.5) is 51.7 Å². The molecule has 2 N–H and O–H groups in total. The molecular formula is C38H36F4N6O4. The molecule has 14 heteroatoms. The Kier molecular flexibility index (Phi) is 12.9. The SMILES string of the molecule is CCN(CCO)c1ccc(N=Nc2ccccc2Oc2c(F)c(F)c(Oc3ccccc3N=Nc3ccc(N(CC)CCO)cc3)c(F)c2F)cc1. The third kappa shape index (κ3) is 8.89. The molecule has 0 aliphatic rings. The molecule has 0 aliphatic carbocycles. The van der Waals surface area contributed by atoms with Crippen LogP contribution in [0.2, 0.25) is 0 Å². The summed E-state index contributed by atoms with van der Waals surface area (Å²) in [5, 5.41) is 35.1. The number of halogens is 4. The van der Waals surface area contributed by atoms with E-state index in [1.807, 2.05) is 23.6 Å². The largest absolute Gasteiger partial charge is 0.449 e. The summed E-state index contributed by atoms with van der Waals surface area (Å²) >= 11 is 0. The van der Waals surface area contributed by atoms with Crippen molar-refractivity contribution in [1.82, 2.24) is 0 Å². The van der Waals surface area contributed by atoms with E-state index in [9.17, 15) is 10.2 Å². The van der Waals surface area contributed by atoms with Gasteiger partial charge in [-0.3, -0.25) is 0 Å². The Morgan fingerprint density at radius 3 is 1.17 bits per heavy atom. The van der Waals surface area contributed by atoms with E-state index < -0.39 is 34.8 Å². The Labute approximate surface area is 297 Å². The number of azo groups is 2. The number of para-hydroxylation sites is 2. The monoisotopic (exact) mass is 716 g/mol. The molecule has 0 fully saturated rings. The molecule has 0 unspecified atom stereocenters. The standard InChI is InChI=1S/C38H36F4N6O4/c1-3-47(21-23-49)27-17-13-25(14-18-27)43-45-29-9-5-7-11-31(29)51-37-33(39)35(41)38(36(42)34(37)40)52-32-12-8-6-10-30(32)46-44-26-15-19-28(20-16-26)48(4-2)22-24-50/h5-20,49-50H,3-4,21-24H2,1-2H3. The van der Waals surface area contributed by atoms with Crippen LogP contribution >= 0.6 is 0 Å². The summed E-state index contributed by atoms with van der Waals surface area (Å²) in [5.74, 6) is -10.4. The van der Waals surface area contributed by atoms with Crippen LogP contribution in [0.5, 0.6) is 23.0 Å². The Morgan fingerprint density at radius 2 is 0.846 bits per heavy atom. The van der Waals surface area contributed by atoms with E-state index in [4.69, 9.17) is 9.47 Å². The predicted molar refractivity (Wildman–Crippen MR) is 190 cm³/mol. The van der Waals surface area contributed by atoms with Crippen molar-refractivity contribution in [2.24, 2.45) is 20.5 Å². The molecule has 5 rings (SSSR count). The molecule has 0 radical (unpaired) electrons. The van der Waals surface area contributed by atoms with Crippen LogP contribution in [-0.2, 0) is 0 Å². The van der Waals surface area contributed by atoms with Crippen LogP contribution in [-0.4, -0.2) is 49.6 Å². The highest BCUT2D eigenvalue weighted by atomic mass is 19.2. The minimum Gasteiger partial charge on any atom is -0.449 e. The lowest BCUT2D eigenvalue weighted by Gasteiger charge is -2.21. The van der Waals surface area contributed by atoms with E-state index in [1.54, 1.807) is 60.7 Å². The molecule has 0 spiro atoms. The number of aliphatic hydroxyl groups excluding tert-OH is 2. The number of anilines is 2. The quantitative estimate of drug-likeness (QED) is 0.0597. The third-order valence-electron chi connectivity index (χ3n) is 7.82. The first kappa shape index (κ1) is 37.4. The van der Waals surface area contributed by atoms with E-state index >= 15 is 17.6 Å². The van der Waals surface area contributed by atoms with Gasteiger partial charge in [-0.25, -0.2) is 0 Å². The van der Waals surface area contributed by atoms with Gasteiger partial charge in [-0.15, -0.1) is 10.2 Å². The zero-order valence-electron chi connectivity index (χ0n) is 28.4. The van der Waals surface area contributed by atoms with Gasteiger partial charge in [0.2, 0.25) is 34.8 Å². The highest BCUT2D eigenvalue weighted by Crippen LogP contribution is 2.42. The van der Waals surface area contributed by atoms with Crippen LogP contribution in [0.1, 0.15) is 13.8 Å². The normalized spacial score (nSPS) is 11.4. The summed E-state index contributed by atoms with van der Waals surface area (Å²) in [7, 11) is 0. The van der Waals surface area contributed by atoms with Crippen molar-refractivity contribution in [3.05, 3.63) is 120 Å². The predicted octanol–water partition coefficient (Wildman–Crippen LogP) is 10.3. The second-order valence-electron chi connectivity index (χ2n) is 11.1. The average molecular weight is 717 g/mol. The summed E-state index contributed by atoms with van der Waals surface area (Å²) < 4.78 is 72.2. The van der Waals surface area contributed by atoms with E-state index in [1.165, 1.54) is 36.4 Å². The van der Waals surface area contributed by atoms with Gasteiger partial charge in [-0.1, -0.05) is 24.3 Å². The smallest absolute Gasteiger partial charge is 0.208 e. The van der Waals surface area contributed by atoms with Crippen molar-refractivity contribution in [1.29, 1.82) is 0 Å². The Hall–Kier alpha value is -5.86. The highest BCUT2D eigenvalue weighted by Gasteiger charge is 2.30. The highest BCUT2D eigenvalue weighted by molar-refractivity contribution is 5.58. The van der Waals surface area contributed by atoms with Crippen LogP contribution in [0, 0.1) is 23.3 Å². The van der Waals surface area contributed by atoms with Gasteiger partial charge in [0.25, 0.3) is 0 Å². The fourth-order valence-electron chi connectivity index (χ4n) is 5.11. The molecule has 0 aliphatic heterocycles. The van der Waals surface area contributed by atoms with Crippen molar-refractivity contribution in [3.8, 4) is 23.0 Å². The number of nitrogens with zero attached hydrogens (tertiary/aromatic N) is 6. The summed E-state index contributed by atoms with van der Waals surface area (Å²) in [6.45, 7) is 6.23. The van der Waals surface area contributed by atoms with Gasteiger partial charge in [0.05, 0.1) is 24.6 Å². The molecule has 0 atom stereocenters. The van der Waals surface area contributed by atoms with E-state index in [-0.39, 0.29) is 36.1 Å². The van der Waals surface area contributed by atoms with Gasteiger partial charge in [0.1, 0.15) is 11.4 Å². The first-order chi connectivity index (χ1) is 25.3. The van der Waals surface area contributed by atoms with Gasteiger partial charge < -0.3 is 29.5 Å². The topological polar surface area (TPSA) is 115 Å². The summed E-state index contributed by atoms with van der Waals surface area (Å²) in [4.78, 5) is 3.93. The zero-order chi connectivity index (χ0) is 37.0. The first-order valence-corrected chi connectivity index (χ1v) is 16.4. The fraction of sp³-hybridized carbons (Fsp3) is 0.211. The lowest BCUT2D eigenvalue weighted by Crippen LogP contribution is -2.25. The van der Waals surface area contributed by atoms with Crippen molar-refractivity contribution < 1.29 is 37.2 Å². The molecule has 5 aromatic carbocycles. The van der Waals surface area contributed by atoms with Crippen molar-refractivity contribution in [2.45, 2.75) is 13.8 Å². The lowest BCUT2D eigenvalue weighted by molar-refractivity contribution is 0.302. The van der Waals surface area contributed by atoms with Crippen molar-refractivity contribution in [2.75, 3.05) is 49.2 Å². The maximum absolute atomic E-state index is 15.4. The molecule has 0 amide bonds. The number of hydrogen-bond acceptors (Lipinski definition) is 10. The number of likely N-dealkylation sites (N-methyl/N-ethyl adjacent to an activating group) is 2. The Morgan fingerprint density at radius 1 is 0.500 bits per heavy atom. The minimum absolute atomic E-state index is 0.000514. The molecule has 0 heterocycles. The van der Waals surface area contributed by atoms with Gasteiger partial charge >= 0.3 is 0 Å². The zero-order valence-corrected chi connectivity index (χ0v) is 28.4. The number of aliphatic hydroxyl groups is 2. The van der Waals surface area contributed by atoms with Crippen LogP contribution in [0.25, 0.3) is 0 Å². The molecule has 10 nitrogen and oxygen atoms in total. The number of ether oxygens (including phenoxy) is 2. The number of benzene rings is 5. The Bertz CT molecular complexity index is 1840. The fourth-order valence-corrected chi connectivity index (χ4v) is 5.11. The van der Waals surface area contributed by atoms with E-state index in [2.05, 4.69) is 20.5 Å². The average Bonchev–Trinajstić information content (AvgIpc) is 3.18. The van der Waals surface area contributed by atoms with Gasteiger partial charge in [0.15, 0.2) is 11.5 Å². The molecule has 52 heavy (non-hydrogen) atoms. The second-order valence-corrected chi connectivity index (χ2v) is 11.1. The Balaban J connectivity index is 1.35. The molecule has 270 valence electrons. The van der Waals surface area contributed by atoms with Gasteiger partial charge in [-0.2, -0.15) is 27.8 Å². The third-order valence-corrected chi connectivity index (χ3v) is 7.82. The molecule has 5 aromatic rings. The maximum Gasteiger partial charge on any atom is 0.208 e. The number of hydrogen-bond donors (Lipinski definition) is 2. The van der Waals surface area contributed by atoms with Crippen molar-refractivity contribution >= 4 is 34.1 Å². The molecule has 0 bridgehead atoms. The maximum atomic E-state index is 15.4. The second kappa shape index (κ2) is 17.9. The minimum atomic E-state index is -1.83.